The molecule has 0 saturated heterocycles. The van der Waals surface area contributed by atoms with Crippen molar-refractivity contribution in [3.63, 3.8) is 0 Å². The van der Waals surface area contributed by atoms with Crippen LogP contribution in [-0.2, 0) is 11.2 Å². The highest BCUT2D eigenvalue weighted by Crippen LogP contribution is 2.17. The third-order valence-electron chi connectivity index (χ3n) is 2.84. The summed E-state index contributed by atoms with van der Waals surface area (Å²) in [6.45, 7) is 2.04. The molecule has 4 nitrogen and oxygen atoms in total. The highest BCUT2D eigenvalue weighted by molar-refractivity contribution is 5.66. The Kier molecular flexibility index (Phi) is 4.23. The Morgan fingerprint density at radius 1 is 1.21 bits per heavy atom. The molecule has 0 aliphatic carbocycles. The monoisotopic (exact) mass is 256 g/mol. The number of carboxylic acid groups (broad SMARTS) is 1. The summed E-state index contributed by atoms with van der Waals surface area (Å²) >= 11 is 0. The van der Waals surface area contributed by atoms with E-state index in [0.717, 1.165) is 11.3 Å². The van der Waals surface area contributed by atoms with Gasteiger partial charge in [-0.25, -0.2) is 9.97 Å². The molecule has 0 saturated carbocycles. The lowest BCUT2D eigenvalue weighted by Gasteiger charge is -2.04. The van der Waals surface area contributed by atoms with E-state index in [1.807, 2.05) is 37.3 Å². The zero-order valence-corrected chi connectivity index (χ0v) is 10.8. The fourth-order valence-corrected chi connectivity index (χ4v) is 1.80. The smallest absolute Gasteiger partial charge is 0.303 e. The number of hydrogen-bond acceptors (Lipinski definition) is 3. The summed E-state index contributed by atoms with van der Waals surface area (Å²) in [6, 6.07) is 10.0. The van der Waals surface area contributed by atoms with Crippen molar-refractivity contribution < 1.29 is 9.90 Å². The number of aromatic nitrogens is 2. The third kappa shape index (κ3) is 3.88. The molecule has 0 amide bonds. The number of aliphatic carboxylic acids is 1. The van der Waals surface area contributed by atoms with E-state index in [2.05, 4.69) is 9.97 Å². The van der Waals surface area contributed by atoms with Crippen molar-refractivity contribution in [3.8, 4) is 11.3 Å². The molecule has 0 fully saturated rings. The molecule has 1 N–H and O–H groups in total. The fraction of sp³-hybridized carbons (Fsp3) is 0.267. The van der Waals surface area contributed by atoms with Crippen LogP contribution in [0.2, 0.25) is 0 Å². The molecule has 0 unspecified atom stereocenters. The SMILES string of the molecule is Cc1ccc(-c2ccnc(CCCC(=O)O)n2)cc1. The second kappa shape index (κ2) is 6.09. The minimum absolute atomic E-state index is 0.151. The number of carboxylic acids is 1. The molecule has 1 heterocycles. The third-order valence-corrected chi connectivity index (χ3v) is 2.84. The summed E-state index contributed by atoms with van der Waals surface area (Å²) in [6.07, 6.45) is 3.02. The highest BCUT2D eigenvalue weighted by Gasteiger charge is 2.03. The van der Waals surface area contributed by atoms with E-state index in [4.69, 9.17) is 5.11 Å². The predicted octanol–water partition coefficient (Wildman–Crippen LogP) is 2.86. The molecule has 0 atom stereocenters. The zero-order valence-electron chi connectivity index (χ0n) is 10.8. The van der Waals surface area contributed by atoms with Crippen molar-refractivity contribution >= 4 is 5.97 Å². The fourth-order valence-electron chi connectivity index (χ4n) is 1.80. The van der Waals surface area contributed by atoms with Gasteiger partial charge < -0.3 is 5.11 Å². The van der Waals surface area contributed by atoms with Crippen LogP contribution in [0.5, 0.6) is 0 Å². The molecule has 0 bridgehead atoms. The van der Waals surface area contributed by atoms with E-state index in [1.54, 1.807) is 6.20 Å². The Morgan fingerprint density at radius 2 is 1.95 bits per heavy atom. The molecule has 0 spiro atoms. The maximum atomic E-state index is 10.5. The number of rotatable bonds is 5. The van der Waals surface area contributed by atoms with Gasteiger partial charge in [-0.3, -0.25) is 4.79 Å². The Bertz CT molecular complexity index is 565. The number of aryl methyl sites for hydroxylation is 2. The maximum absolute atomic E-state index is 10.5. The van der Waals surface area contributed by atoms with Crippen molar-refractivity contribution in [1.29, 1.82) is 0 Å². The Hall–Kier alpha value is -2.23. The number of hydrogen-bond donors (Lipinski definition) is 1. The van der Waals surface area contributed by atoms with Crippen LogP contribution in [0, 0.1) is 6.92 Å². The van der Waals surface area contributed by atoms with Gasteiger partial charge in [0.1, 0.15) is 5.82 Å². The molecule has 19 heavy (non-hydrogen) atoms. The molecule has 98 valence electrons. The molecule has 2 aromatic rings. The Morgan fingerprint density at radius 3 is 2.63 bits per heavy atom. The van der Waals surface area contributed by atoms with Crippen LogP contribution in [0.25, 0.3) is 11.3 Å². The second-order valence-electron chi connectivity index (χ2n) is 4.47. The van der Waals surface area contributed by atoms with Gasteiger partial charge in [0, 0.05) is 24.6 Å². The van der Waals surface area contributed by atoms with Crippen LogP contribution in [0.15, 0.2) is 36.5 Å². The second-order valence-corrected chi connectivity index (χ2v) is 4.47. The van der Waals surface area contributed by atoms with E-state index in [0.29, 0.717) is 18.7 Å². The van der Waals surface area contributed by atoms with Gasteiger partial charge in [-0.1, -0.05) is 29.8 Å². The van der Waals surface area contributed by atoms with Gasteiger partial charge >= 0.3 is 5.97 Å². The molecule has 0 radical (unpaired) electrons. The van der Waals surface area contributed by atoms with Crippen LogP contribution in [0.1, 0.15) is 24.2 Å². The number of carbonyl (C=O) groups is 1. The van der Waals surface area contributed by atoms with Crippen molar-refractivity contribution in [2.45, 2.75) is 26.2 Å². The molecular formula is C15H16N2O2. The first-order chi connectivity index (χ1) is 9.15. The summed E-state index contributed by atoms with van der Waals surface area (Å²) in [4.78, 5) is 19.1. The van der Waals surface area contributed by atoms with Crippen LogP contribution in [0.3, 0.4) is 0 Å². The first kappa shape index (κ1) is 13.2. The van der Waals surface area contributed by atoms with Gasteiger partial charge in [-0.05, 0) is 19.4 Å². The summed E-state index contributed by atoms with van der Waals surface area (Å²) < 4.78 is 0. The summed E-state index contributed by atoms with van der Waals surface area (Å²) in [5, 5.41) is 8.61. The average Bonchev–Trinajstić information content (AvgIpc) is 2.39. The van der Waals surface area contributed by atoms with Crippen LogP contribution < -0.4 is 0 Å². The Balaban J connectivity index is 2.10. The lowest BCUT2D eigenvalue weighted by atomic mass is 10.1. The summed E-state index contributed by atoms with van der Waals surface area (Å²) in [5.74, 6) is -0.0889. The van der Waals surface area contributed by atoms with Crippen molar-refractivity contribution in [2.24, 2.45) is 0 Å². The molecule has 4 heteroatoms. The van der Waals surface area contributed by atoms with E-state index < -0.39 is 5.97 Å². The van der Waals surface area contributed by atoms with Gasteiger partial charge in [0.2, 0.25) is 0 Å². The lowest BCUT2D eigenvalue weighted by Crippen LogP contribution is -2.00. The van der Waals surface area contributed by atoms with E-state index in [-0.39, 0.29) is 6.42 Å². The van der Waals surface area contributed by atoms with Crippen LogP contribution in [0.4, 0.5) is 0 Å². The van der Waals surface area contributed by atoms with E-state index in [1.165, 1.54) is 5.56 Å². The van der Waals surface area contributed by atoms with E-state index in [9.17, 15) is 4.79 Å². The topological polar surface area (TPSA) is 63.1 Å². The largest absolute Gasteiger partial charge is 0.481 e. The van der Waals surface area contributed by atoms with Gasteiger partial charge in [-0.2, -0.15) is 0 Å². The molecule has 0 aliphatic rings. The van der Waals surface area contributed by atoms with E-state index >= 15 is 0 Å². The van der Waals surface area contributed by atoms with Crippen LogP contribution >= 0.6 is 0 Å². The number of benzene rings is 1. The maximum Gasteiger partial charge on any atom is 0.303 e. The molecule has 1 aromatic heterocycles. The van der Waals surface area contributed by atoms with Crippen molar-refractivity contribution in [1.82, 2.24) is 9.97 Å². The Labute approximate surface area is 112 Å². The predicted molar refractivity (Wildman–Crippen MR) is 72.8 cm³/mol. The molecular weight excluding hydrogens is 240 g/mol. The molecule has 0 aliphatic heterocycles. The highest BCUT2D eigenvalue weighted by atomic mass is 16.4. The van der Waals surface area contributed by atoms with Gasteiger partial charge in [0.05, 0.1) is 5.69 Å². The minimum Gasteiger partial charge on any atom is -0.481 e. The lowest BCUT2D eigenvalue weighted by molar-refractivity contribution is -0.137. The summed E-state index contributed by atoms with van der Waals surface area (Å²) in [5.41, 5.74) is 3.13. The van der Waals surface area contributed by atoms with Crippen molar-refractivity contribution in [3.05, 3.63) is 47.9 Å². The molecule has 2 rings (SSSR count). The average molecular weight is 256 g/mol. The van der Waals surface area contributed by atoms with Crippen LogP contribution in [-0.4, -0.2) is 21.0 Å². The summed E-state index contributed by atoms with van der Waals surface area (Å²) in [7, 11) is 0. The number of nitrogens with zero attached hydrogens (tertiary/aromatic N) is 2. The molecule has 1 aromatic carbocycles. The normalized spacial score (nSPS) is 10.4. The first-order valence-corrected chi connectivity index (χ1v) is 6.26. The minimum atomic E-state index is -0.783. The van der Waals surface area contributed by atoms with Gasteiger partial charge in [0.15, 0.2) is 0 Å². The van der Waals surface area contributed by atoms with Gasteiger partial charge in [0.25, 0.3) is 0 Å². The van der Waals surface area contributed by atoms with Gasteiger partial charge in [-0.15, -0.1) is 0 Å². The quantitative estimate of drug-likeness (QED) is 0.893. The first-order valence-electron chi connectivity index (χ1n) is 6.26. The standard InChI is InChI=1S/C15H16N2O2/c1-11-5-7-12(8-6-11)13-9-10-16-14(17-13)3-2-4-15(18)19/h5-10H,2-4H2,1H3,(H,18,19). The van der Waals surface area contributed by atoms with Crippen molar-refractivity contribution in [2.75, 3.05) is 0 Å². The zero-order chi connectivity index (χ0) is 13.7.